The SMILES string of the molecule is CN(C)CC(C)(C)CNS(=O)(=O)c1cccc(Cl)c1. The third-order valence-electron chi connectivity index (χ3n) is 2.59. The van der Waals surface area contributed by atoms with Crippen molar-refractivity contribution in [3.8, 4) is 0 Å². The topological polar surface area (TPSA) is 49.4 Å². The Kier molecular flexibility index (Phi) is 5.38. The van der Waals surface area contributed by atoms with E-state index in [1.54, 1.807) is 12.1 Å². The molecule has 0 unspecified atom stereocenters. The van der Waals surface area contributed by atoms with Gasteiger partial charge in [0.1, 0.15) is 0 Å². The van der Waals surface area contributed by atoms with E-state index in [2.05, 4.69) is 4.72 Å². The zero-order chi connectivity index (χ0) is 14.7. The number of hydrogen-bond acceptors (Lipinski definition) is 3. The summed E-state index contributed by atoms with van der Waals surface area (Å²) in [5.41, 5.74) is -0.144. The summed E-state index contributed by atoms with van der Waals surface area (Å²) in [5.74, 6) is 0. The van der Waals surface area contributed by atoms with Gasteiger partial charge in [0, 0.05) is 18.1 Å². The van der Waals surface area contributed by atoms with Gasteiger partial charge in [0.15, 0.2) is 0 Å². The Morgan fingerprint density at radius 1 is 1.32 bits per heavy atom. The molecule has 108 valence electrons. The lowest BCUT2D eigenvalue weighted by Gasteiger charge is -2.28. The Morgan fingerprint density at radius 2 is 1.95 bits per heavy atom. The molecule has 0 amide bonds. The van der Waals surface area contributed by atoms with Crippen LogP contribution in [-0.4, -0.2) is 40.5 Å². The van der Waals surface area contributed by atoms with Crippen molar-refractivity contribution in [2.75, 3.05) is 27.2 Å². The Balaban J connectivity index is 2.76. The number of nitrogens with one attached hydrogen (secondary N) is 1. The highest BCUT2D eigenvalue weighted by Crippen LogP contribution is 2.18. The van der Waals surface area contributed by atoms with Crippen LogP contribution < -0.4 is 4.72 Å². The van der Waals surface area contributed by atoms with Gasteiger partial charge in [-0.05, 0) is 37.7 Å². The van der Waals surface area contributed by atoms with Crippen molar-refractivity contribution in [1.82, 2.24) is 9.62 Å². The van der Waals surface area contributed by atoms with Gasteiger partial charge in [0.25, 0.3) is 0 Å². The summed E-state index contributed by atoms with van der Waals surface area (Å²) >= 11 is 5.81. The van der Waals surface area contributed by atoms with Gasteiger partial charge in [-0.1, -0.05) is 31.5 Å². The van der Waals surface area contributed by atoms with Gasteiger partial charge < -0.3 is 4.90 Å². The van der Waals surface area contributed by atoms with Crippen molar-refractivity contribution < 1.29 is 8.42 Å². The molecule has 0 aromatic heterocycles. The lowest BCUT2D eigenvalue weighted by atomic mass is 9.93. The number of benzene rings is 1. The van der Waals surface area contributed by atoms with E-state index in [-0.39, 0.29) is 10.3 Å². The van der Waals surface area contributed by atoms with Gasteiger partial charge in [0.2, 0.25) is 10.0 Å². The monoisotopic (exact) mass is 304 g/mol. The molecular weight excluding hydrogens is 284 g/mol. The molecule has 1 aromatic carbocycles. The van der Waals surface area contributed by atoms with E-state index in [9.17, 15) is 8.42 Å². The Labute approximate surface area is 120 Å². The van der Waals surface area contributed by atoms with Gasteiger partial charge in [-0.2, -0.15) is 0 Å². The standard InChI is InChI=1S/C13H21ClN2O2S/c1-13(2,10-16(3)4)9-15-19(17,18)12-7-5-6-11(14)8-12/h5-8,15H,9-10H2,1-4H3. The van der Waals surface area contributed by atoms with Crippen LogP contribution in [0.2, 0.25) is 5.02 Å². The molecule has 0 saturated carbocycles. The van der Waals surface area contributed by atoms with Crippen LogP contribution in [0.5, 0.6) is 0 Å². The summed E-state index contributed by atoms with van der Waals surface area (Å²) < 4.78 is 26.9. The normalized spacial score (nSPS) is 12.9. The zero-order valence-corrected chi connectivity index (χ0v) is 13.3. The Hall–Kier alpha value is -0.620. The highest BCUT2D eigenvalue weighted by molar-refractivity contribution is 7.89. The van der Waals surface area contributed by atoms with Crippen LogP contribution in [0.25, 0.3) is 0 Å². The first-order chi connectivity index (χ1) is 8.62. The van der Waals surface area contributed by atoms with Gasteiger partial charge in [-0.15, -0.1) is 0 Å². The summed E-state index contributed by atoms with van der Waals surface area (Å²) in [5, 5.41) is 0.412. The molecule has 1 N–H and O–H groups in total. The van der Waals surface area contributed by atoms with Gasteiger partial charge in [0.05, 0.1) is 4.90 Å². The smallest absolute Gasteiger partial charge is 0.240 e. The molecule has 0 fully saturated rings. The molecule has 0 aliphatic heterocycles. The molecule has 6 heteroatoms. The van der Waals surface area contributed by atoms with E-state index < -0.39 is 10.0 Å². The first kappa shape index (κ1) is 16.4. The molecule has 0 bridgehead atoms. The van der Waals surface area contributed by atoms with E-state index in [0.29, 0.717) is 11.6 Å². The first-order valence-corrected chi connectivity index (χ1v) is 7.88. The first-order valence-electron chi connectivity index (χ1n) is 6.02. The third kappa shape index (κ3) is 5.48. The fraction of sp³-hybridized carbons (Fsp3) is 0.538. The summed E-state index contributed by atoms with van der Waals surface area (Å²) in [6.07, 6.45) is 0. The van der Waals surface area contributed by atoms with Crippen LogP contribution in [0.4, 0.5) is 0 Å². The molecule has 0 spiro atoms. The lowest BCUT2D eigenvalue weighted by molar-refractivity contribution is 0.242. The van der Waals surface area contributed by atoms with Crippen LogP contribution in [0.3, 0.4) is 0 Å². The van der Waals surface area contributed by atoms with E-state index in [4.69, 9.17) is 11.6 Å². The van der Waals surface area contributed by atoms with Crippen molar-refractivity contribution in [3.63, 3.8) is 0 Å². The number of hydrogen-bond donors (Lipinski definition) is 1. The average Bonchev–Trinajstić information content (AvgIpc) is 2.25. The van der Waals surface area contributed by atoms with Crippen LogP contribution in [0.1, 0.15) is 13.8 Å². The summed E-state index contributed by atoms with van der Waals surface area (Å²) in [4.78, 5) is 2.23. The molecule has 0 saturated heterocycles. The summed E-state index contributed by atoms with van der Waals surface area (Å²) in [6, 6.07) is 6.26. The fourth-order valence-electron chi connectivity index (χ4n) is 1.92. The molecule has 1 aromatic rings. The minimum atomic E-state index is -3.50. The van der Waals surface area contributed by atoms with Crippen molar-refractivity contribution in [2.24, 2.45) is 5.41 Å². The van der Waals surface area contributed by atoms with Crippen molar-refractivity contribution in [1.29, 1.82) is 0 Å². The maximum atomic E-state index is 12.1. The minimum absolute atomic E-state index is 0.144. The predicted octanol–water partition coefficient (Wildman–Crippen LogP) is 2.21. The summed E-state index contributed by atoms with van der Waals surface area (Å²) in [7, 11) is 0.426. The highest BCUT2D eigenvalue weighted by Gasteiger charge is 2.23. The van der Waals surface area contributed by atoms with E-state index in [1.165, 1.54) is 12.1 Å². The second-order valence-corrected chi connectivity index (χ2v) is 7.89. The molecule has 0 aliphatic rings. The summed E-state index contributed by atoms with van der Waals surface area (Å²) in [6.45, 7) is 5.21. The second-order valence-electron chi connectivity index (χ2n) is 5.68. The van der Waals surface area contributed by atoms with Crippen molar-refractivity contribution in [3.05, 3.63) is 29.3 Å². The molecule has 4 nitrogen and oxygen atoms in total. The number of sulfonamides is 1. The minimum Gasteiger partial charge on any atom is -0.309 e. The van der Waals surface area contributed by atoms with Crippen LogP contribution in [0, 0.1) is 5.41 Å². The third-order valence-corrected chi connectivity index (χ3v) is 4.23. The molecule has 0 aliphatic carbocycles. The molecule has 0 atom stereocenters. The molecule has 1 rings (SSSR count). The van der Waals surface area contributed by atoms with Crippen LogP contribution >= 0.6 is 11.6 Å². The number of halogens is 1. The van der Waals surface area contributed by atoms with Crippen LogP contribution in [-0.2, 0) is 10.0 Å². The molecular formula is C13H21ClN2O2S. The van der Waals surface area contributed by atoms with Gasteiger partial charge in [-0.3, -0.25) is 0 Å². The quantitative estimate of drug-likeness (QED) is 0.876. The maximum Gasteiger partial charge on any atom is 0.240 e. The van der Waals surface area contributed by atoms with E-state index >= 15 is 0 Å². The maximum absolute atomic E-state index is 12.1. The van der Waals surface area contributed by atoms with Gasteiger partial charge >= 0.3 is 0 Å². The van der Waals surface area contributed by atoms with Crippen LogP contribution in [0.15, 0.2) is 29.2 Å². The fourth-order valence-corrected chi connectivity index (χ4v) is 3.46. The van der Waals surface area contributed by atoms with E-state index in [0.717, 1.165) is 6.54 Å². The molecule has 19 heavy (non-hydrogen) atoms. The zero-order valence-electron chi connectivity index (χ0n) is 11.8. The average molecular weight is 305 g/mol. The Morgan fingerprint density at radius 3 is 2.47 bits per heavy atom. The largest absolute Gasteiger partial charge is 0.309 e. The highest BCUT2D eigenvalue weighted by atomic mass is 35.5. The van der Waals surface area contributed by atoms with Crippen molar-refractivity contribution in [2.45, 2.75) is 18.7 Å². The molecule has 0 radical (unpaired) electrons. The predicted molar refractivity (Wildman–Crippen MR) is 79.0 cm³/mol. The molecule has 0 heterocycles. The lowest BCUT2D eigenvalue weighted by Crippen LogP contribution is -2.39. The number of nitrogens with zero attached hydrogens (tertiary/aromatic N) is 1. The second kappa shape index (κ2) is 6.22. The van der Waals surface area contributed by atoms with E-state index in [1.807, 2.05) is 32.8 Å². The number of rotatable bonds is 6. The van der Waals surface area contributed by atoms with Gasteiger partial charge in [-0.25, -0.2) is 13.1 Å². The Bertz CT molecular complexity index is 527. The van der Waals surface area contributed by atoms with Crippen molar-refractivity contribution >= 4 is 21.6 Å².